The fourth-order valence-electron chi connectivity index (χ4n) is 3.15. The minimum Gasteiger partial charge on any atom is -0.397 e. The van der Waals surface area contributed by atoms with Gasteiger partial charge in [-0.15, -0.1) is 0 Å². The SMILES string of the molecule is CC(C)(C)C1CCN(c2ccnc3c(N)cccc23)C1. The molecule has 0 spiro atoms. The molecule has 0 radical (unpaired) electrons. The summed E-state index contributed by atoms with van der Waals surface area (Å²) < 4.78 is 0. The van der Waals surface area contributed by atoms with Gasteiger partial charge in [-0.2, -0.15) is 0 Å². The third kappa shape index (κ3) is 2.21. The Balaban J connectivity index is 1.98. The number of rotatable bonds is 1. The molecule has 1 unspecified atom stereocenters. The Bertz CT molecular complexity index is 628. The smallest absolute Gasteiger partial charge is 0.0951 e. The van der Waals surface area contributed by atoms with Crippen LogP contribution < -0.4 is 10.6 Å². The Morgan fingerprint density at radius 2 is 2.05 bits per heavy atom. The summed E-state index contributed by atoms with van der Waals surface area (Å²) in [5.41, 5.74) is 9.36. The first-order valence-electron chi connectivity index (χ1n) is 7.35. The zero-order chi connectivity index (χ0) is 14.3. The lowest BCUT2D eigenvalue weighted by Crippen LogP contribution is -2.25. The Morgan fingerprint density at radius 3 is 2.75 bits per heavy atom. The van der Waals surface area contributed by atoms with Crippen molar-refractivity contribution in [1.29, 1.82) is 0 Å². The summed E-state index contributed by atoms with van der Waals surface area (Å²) in [6.07, 6.45) is 3.13. The lowest BCUT2D eigenvalue weighted by atomic mass is 9.80. The second-order valence-corrected chi connectivity index (χ2v) is 6.87. The molecule has 0 amide bonds. The average Bonchev–Trinajstić information content (AvgIpc) is 2.88. The average molecular weight is 269 g/mol. The molecule has 0 aliphatic carbocycles. The fraction of sp³-hybridized carbons (Fsp3) is 0.471. The van der Waals surface area contributed by atoms with Crippen molar-refractivity contribution in [2.24, 2.45) is 11.3 Å². The third-order valence-corrected chi connectivity index (χ3v) is 4.53. The second-order valence-electron chi connectivity index (χ2n) is 6.87. The monoisotopic (exact) mass is 269 g/mol. The van der Waals surface area contributed by atoms with E-state index in [1.807, 2.05) is 18.3 Å². The van der Waals surface area contributed by atoms with E-state index in [4.69, 9.17) is 5.73 Å². The van der Waals surface area contributed by atoms with Gasteiger partial charge in [0, 0.05) is 30.4 Å². The van der Waals surface area contributed by atoms with Gasteiger partial charge in [-0.3, -0.25) is 4.98 Å². The molecule has 2 heterocycles. The van der Waals surface area contributed by atoms with Crippen LogP contribution in [-0.4, -0.2) is 18.1 Å². The number of nitrogen functional groups attached to an aromatic ring is 1. The molecule has 1 fully saturated rings. The van der Waals surface area contributed by atoms with E-state index in [0.29, 0.717) is 5.41 Å². The Hall–Kier alpha value is -1.77. The van der Waals surface area contributed by atoms with E-state index in [1.54, 1.807) is 0 Å². The quantitative estimate of drug-likeness (QED) is 0.803. The molecule has 1 aromatic heterocycles. The molecule has 1 aromatic carbocycles. The normalized spacial score (nSPS) is 19.8. The number of fused-ring (bicyclic) bond motifs is 1. The van der Waals surface area contributed by atoms with Gasteiger partial charge in [-0.25, -0.2) is 0 Å². The van der Waals surface area contributed by atoms with Gasteiger partial charge < -0.3 is 10.6 Å². The van der Waals surface area contributed by atoms with Crippen molar-refractivity contribution in [3.63, 3.8) is 0 Å². The van der Waals surface area contributed by atoms with Gasteiger partial charge in [-0.1, -0.05) is 32.9 Å². The number of para-hydroxylation sites is 1. The van der Waals surface area contributed by atoms with Gasteiger partial charge in [0.05, 0.1) is 11.2 Å². The first-order chi connectivity index (χ1) is 9.47. The van der Waals surface area contributed by atoms with Crippen LogP contribution in [-0.2, 0) is 0 Å². The predicted octanol–water partition coefficient (Wildman–Crippen LogP) is 3.69. The van der Waals surface area contributed by atoms with Gasteiger partial charge >= 0.3 is 0 Å². The number of hydrogen-bond acceptors (Lipinski definition) is 3. The topological polar surface area (TPSA) is 42.2 Å². The molecule has 3 rings (SSSR count). The molecule has 0 saturated carbocycles. The molecular formula is C17H23N3. The first kappa shape index (κ1) is 13.2. The molecule has 1 atom stereocenters. The summed E-state index contributed by atoms with van der Waals surface area (Å²) >= 11 is 0. The van der Waals surface area contributed by atoms with E-state index in [0.717, 1.165) is 30.2 Å². The summed E-state index contributed by atoms with van der Waals surface area (Å²) in [5.74, 6) is 0.742. The number of nitrogens with zero attached hydrogens (tertiary/aromatic N) is 2. The van der Waals surface area contributed by atoms with Crippen molar-refractivity contribution in [2.75, 3.05) is 23.7 Å². The molecule has 20 heavy (non-hydrogen) atoms. The van der Waals surface area contributed by atoms with Crippen LogP contribution >= 0.6 is 0 Å². The van der Waals surface area contributed by atoms with E-state index >= 15 is 0 Å². The number of pyridine rings is 1. The van der Waals surface area contributed by atoms with Crippen LogP contribution in [0.3, 0.4) is 0 Å². The van der Waals surface area contributed by atoms with Crippen LogP contribution in [0.15, 0.2) is 30.5 Å². The van der Waals surface area contributed by atoms with E-state index in [-0.39, 0.29) is 0 Å². The molecule has 3 nitrogen and oxygen atoms in total. The largest absolute Gasteiger partial charge is 0.397 e. The molecular weight excluding hydrogens is 246 g/mol. The van der Waals surface area contributed by atoms with Gasteiger partial charge in [0.2, 0.25) is 0 Å². The van der Waals surface area contributed by atoms with Crippen molar-refractivity contribution < 1.29 is 0 Å². The number of nitrogens with two attached hydrogens (primary N) is 1. The molecule has 106 valence electrons. The standard InChI is InChI=1S/C17H23N3/c1-17(2,3)12-8-10-20(11-12)15-7-9-19-16-13(15)5-4-6-14(16)18/h4-7,9,12H,8,10-11,18H2,1-3H3. The lowest BCUT2D eigenvalue weighted by Gasteiger charge is -2.28. The van der Waals surface area contributed by atoms with Crippen LogP contribution in [0, 0.1) is 11.3 Å². The highest BCUT2D eigenvalue weighted by Gasteiger charge is 2.32. The minimum absolute atomic E-state index is 0.372. The Labute approximate surface area is 120 Å². The minimum atomic E-state index is 0.372. The summed E-state index contributed by atoms with van der Waals surface area (Å²) in [4.78, 5) is 6.91. The van der Waals surface area contributed by atoms with Crippen LogP contribution in [0.25, 0.3) is 10.9 Å². The summed E-state index contributed by atoms with van der Waals surface area (Å²) in [7, 11) is 0. The Kier molecular flexibility index (Phi) is 3.08. The first-order valence-corrected chi connectivity index (χ1v) is 7.35. The van der Waals surface area contributed by atoms with Crippen molar-refractivity contribution in [3.05, 3.63) is 30.5 Å². The molecule has 0 bridgehead atoms. The lowest BCUT2D eigenvalue weighted by molar-refractivity contribution is 0.263. The van der Waals surface area contributed by atoms with Gasteiger partial charge in [0.1, 0.15) is 0 Å². The summed E-state index contributed by atoms with van der Waals surface area (Å²) in [5, 5.41) is 1.17. The number of hydrogen-bond donors (Lipinski definition) is 1. The van der Waals surface area contributed by atoms with Gasteiger partial charge in [-0.05, 0) is 29.9 Å². The highest BCUT2D eigenvalue weighted by atomic mass is 15.2. The van der Waals surface area contributed by atoms with E-state index < -0.39 is 0 Å². The van der Waals surface area contributed by atoms with Crippen LogP contribution in [0.5, 0.6) is 0 Å². The zero-order valence-electron chi connectivity index (χ0n) is 12.6. The molecule has 1 aliphatic heterocycles. The van der Waals surface area contributed by atoms with Gasteiger partial charge in [0.15, 0.2) is 0 Å². The van der Waals surface area contributed by atoms with E-state index in [9.17, 15) is 0 Å². The number of benzene rings is 1. The van der Waals surface area contributed by atoms with Crippen molar-refractivity contribution in [3.8, 4) is 0 Å². The van der Waals surface area contributed by atoms with E-state index in [1.165, 1.54) is 17.5 Å². The second kappa shape index (κ2) is 4.65. The maximum Gasteiger partial charge on any atom is 0.0951 e. The predicted molar refractivity (Wildman–Crippen MR) is 85.9 cm³/mol. The van der Waals surface area contributed by atoms with Crippen LogP contribution in [0.2, 0.25) is 0 Å². The van der Waals surface area contributed by atoms with E-state index in [2.05, 4.69) is 42.8 Å². The van der Waals surface area contributed by atoms with Crippen molar-refractivity contribution >= 4 is 22.3 Å². The molecule has 3 heteroatoms. The summed E-state index contributed by atoms with van der Waals surface area (Å²) in [6.45, 7) is 9.25. The molecule has 2 aromatic rings. The van der Waals surface area contributed by atoms with Gasteiger partial charge in [0.25, 0.3) is 0 Å². The summed E-state index contributed by atoms with van der Waals surface area (Å²) in [6, 6.07) is 8.17. The van der Waals surface area contributed by atoms with Crippen LogP contribution in [0.1, 0.15) is 27.2 Å². The number of aromatic nitrogens is 1. The zero-order valence-corrected chi connectivity index (χ0v) is 12.6. The van der Waals surface area contributed by atoms with Crippen molar-refractivity contribution in [2.45, 2.75) is 27.2 Å². The molecule has 2 N–H and O–H groups in total. The number of anilines is 2. The highest BCUT2D eigenvalue weighted by Crippen LogP contribution is 2.37. The van der Waals surface area contributed by atoms with Crippen molar-refractivity contribution in [1.82, 2.24) is 4.98 Å². The fourth-order valence-corrected chi connectivity index (χ4v) is 3.15. The highest BCUT2D eigenvalue weighted by molar-refractivity contribution is 5.98. The Morgan fingerprint density at radius 1 is 1.25 bits per heavy atom. The van der Waals surface area contributed by atoms with Crippen LogP contribution in [0.4, 0.5) is 11.4 Å². The molecule has 1 saturated heterocycles. The third-order valence-electron chi connectivity index (χ3n) is 4.53. The molecule has 1 aliphatic rings. The maximum atomic E-state index is 6.04. The maximum absolute atomic E-state index is 6.04.